The summed E-state index contributed by atoms with van der Waals surface area (Å²) in [5.41, 5.74) is 3.92. The van der Waals surface area contributed by atoms with Gasteiger partial charge in [0.1, 0.15) is 17.8 Å². The predicted molar refractivity (Wildman–Crippen MR) is 160 cm³/mol. The average Bonchev–Trinajstić information content (AvgIpc) is 3.67. The van der Waals surface area contributed by atoms with E-state index in [4.69, 9.17) is 33.2 Å². The quantitative estimate of drug-likeness (QED) is 0.361. The highest BCUT2D eigenvalue weighted by Gasteiger charge is 2.54. The van der Waals surface area contributed by atoms with Crippen molar-refractivity contribution in [2.45, 2.75) is 45.8 Å². The number of methoxy groups -OCH3 is 3. The van der Waals surface area contributed by atoms with Gasteiger partial charge >= 0.3 is 11.9 Å². The normalized spacial score (nSPS) is 21.4. The summed E-state index contributed by atoms with van der Waals surface area (Å²) < 4.78 is 39.9. The second-order valence-corrected chi connectivity index (χ2v) is 11.5. The number of nitrogens with one attached hydrogen (secondary N) is 1. The van der Waals surface area contributed by atoms with Crippen LogP contribution >= 0.6 is 0 Å². The van der Waals surface area contributed by atoms with Crippen LogP contribution in [-0.2, 0) is 19.1 Å². The number of aryl methyl sites for hydroxylation is 3. The smallest absolute Gasteiger partial charge is 0.328 e. The average molecular weight is 634 g/mol. The van der Waals surface area contributed by atoms with Crippen LogP contribution in [0.3, 0.4) is 0 Å². The van der Waals surface area contributed by atoms with Crippen molar-refractivity contribution in [3.05, 3.63) is 63.7 Å². The van der Waals surface area contributed by atoms with Gasteiger partial charge in [-0.1, -0.05) is 0 Å². The number of hydrogen-bond acceptors (Lipinski definition) is 12. The number of amides is 1. The molecular weight excluding hydrogens is 598 g/mol. The number of nitrogens with zero attached hydrogens (tertiary/aromatic N) is 2. The van der Waals surface area contributed by atoms with Gasteiger partial charge in [-0.3, -0.25) is 14.6 Å². The van der Waals surface area contributed by atoms with E-state index in [-0.39, 0.29) is 19.1 Å². The second-order valence-electron chi connectivity index (χ2n) is 11.5. The Kier molecular flexibility index (Phi) is 8.09. The third-order valence-corrected chi connectivity index (χ3v) is 8.81. The largest absolute Gasteiger partial charge is 0.493 e. The van der Waals surface area contributed by atoms with Gasteiger partial charge in [-0.25, -0.2) is 9.78 Å². The lowest BCUT2D eigenvalue weighted by molar-refractivity contribution is -0.156. The molecule has 1 N–H and O–H groups in total. The zero-order valence-corrected chi connectivity index (χ0v) is 26.6. The number of carbonyl (C=O) groups excluding carboxylic acids is 3. The van der Waals surface area contributed by atoms with E-state index in [2.05, 4.69) is 15.3 Å². The summed E-state index contributed by atoms with van der Waals surface area (Å²) in [7, 11) is 4.55. The maximum Gasteiger partial charge on any atom is 0.328 e. The number of esters is 2. The highest BCUT2D eigenvalue weighted by Crippen LogP contribution is 2.56. The van der Waals surface area contributed by atoms with Crippen molar-refractivity contribution in [3.8, 4) is 28.7 Å². The Labute approximate surface area is 265 Å². The monoisotopic (exact) mass is 633 g/mol. The van der Waals surface area contributed by atoms with E-state index in [1.807, 2.05) is 6.92 Å². The van der Waals surface area contributed by atoms with E-state index in [1.165, 1.54) is 28.3 Å². The Morgan fingerprint density at radius 2 is 1.50 bits per heavy atom. The lowest BCUT2D eigenvalue weighted by atomic mass is 9.66. The molecule has 1 fully saturated rings. The summed E-state index contributed by atoms with van der Waals surface area (Å²) in [6.07, 6.45) is -0.894. The molecule has 0 bridgehead atoms. The summed E-state index contributed by atoms with van der Waals surface area (Å²) in [5.74, 6) is -1.27. The molecule has 46 heavy (non-hydrogen) atoms. The van der Waals surface area contributed by atoms with Crippen LogP contribution in [0.15, 0.2) is 24.3 Å². The van der Waals surface area contributed by atoms with Crippen molar-refractivity contribution in [1.29, 1.82) is 0 Å². The first-order valence-corrected chi connectivity index (χ1v) is 14.8. The highest BCUT2D eigenvalue weighted by atomic mass is 16.7. The molecule has 1 aliphatic carbocycles. The molecule has 2 aliphatic heterocycles. The van der Waals surface area contributed by atoms with Gasteiger partial charge in [0.15, 0.2) is 23.0 Å². The van der Waals surface area contributed by atoms with Gasteiger partial charge in [0.05, 0.1) is 50.9 Å². The number of rotatable bonds is 8. The molecule has 3 aromatic rings. The summed E-state index contributed by atoms with van der Waals surface area (Å²) in [4.78, 5) is 48.8. The molecule has 0 spiro atoms. The first-order valence-electron chi connectivity index (χ1n) is 14.8. The zero-order valence-electron chi connectivity index (χ0n) is 26.6. The summed E-state index contributed by atoms with van der Waals surface area (Å²) >= 11 is 0. The Balaban J connectivity index is 1.38. The van der Waals surface area contributed by atoms with Gasteiger partial charge < -0.3 is 38.5 Å². The molecule has 3 aliphatic rings. The molecule has 242 valence electrons. The van der Waals surface area contributed by atoms with Crippen molar-refractivity contribution in [3.63, 3.8) is 0 Å². The standard InChI is InChI=1S/C33H35N3O10/c1-14-15(2)35-28(16(3)34-14)31(37)36-17(4)32(38)46-29-20-11-23-22(44-13-45-23)10-19(20)26(27-21(29)12-43-33(27)39)18-8-24(40-5)30(42-7)25(9-18)41-6/h8-11,17,21,26-27,29H,12-13H2,1-7H3,(H,36,37)/t17-,21-,26+,27-,29-/m0/s1. The fourth-order valence-corrected chi connectivity index (χ4v) is 6.43. The number of fused-ring (bicyclic) bond motifs is 3. The Morgan fingerprint density at radius 1 is 0.870 bits per heavy atom. The minimum atomic E-state index is -1.04. The van der Waals surface area contributed by atoms with Gasteiger partial charge in [0, 0.05) is 17.4 Å². The van der Waals surface area contributed by atoms with Crippen molar-refractivity contribution in [2.75, 3.05) is 34.7 Å². The van der Waals surface area contributed by atoms with Crippen molar-refractivity contribution >= 4 is 17.8 Å². The third-order valence-electron chi connectivity index (χ3n) is 8.81. The number of cyclic esters (lactones) is 1. The SMILES string of the molecule is COc1cc([C@@H]2c3cc4c(cc3[C@H](OC(=O)[C@H](C)NC(=O)c3nc(C)c(C)nc3C)[C@H]3COC(=O)[C@H]23)OCO4)cc(OC)c1OC. The van der Waals surface area contributed by atoms with Crippen LogP contribution < -0.4 is 29.0 Å². The minimum Gasteiger partial charge on any atom is -0.493 e. The number of ether oxygens (including phenoxy) is 7. The lowest BCUT2D eigenvalue weighted by Crippen LogP contribution is -2.43. The van der Waals surface area contributed by atoms with Crippen molar-refractivity contribution in [2.24, 2.45) is 11.8 Å². The molecule has 0 unspecified atom stereocenters. The Morgan fingerprint density at radius 3 is 2.13 bits per heavy atom. The zero-order chi connectivity index (χ0) is 32.9. The second kappa shape index (κ2) is 12.0. The van der Waals surface area contributed by atoms with Crippen LogP contribution in [0.5, 0.6) is 28.7 Å². The molecule has 1 aromatic heterocycles. The van der Waals surface area contributed by atoms with Crippen LogP contribution in [0.25, 0.3) is 0 Å². The molecule has 13 heteroatoms. The number of benzene rings is 2. The number of aromatic nitrogens is 2. The van der Waals surface area contributed by atoms with Crippen LogP contribution in [0, 0.1) is 32.6 Å². The van der Waals surface area contributed by atoms with E-state index >= 15 is 0 Å². The number of hydrogen-bond donors (Lipinski definition) is 1. The van der Waals surface area contributed by atoms with Gasteiger partial charge in [0.2, 0.25) is 12.5 Å². The van der Waals surface area contributed by atoms with E-state index in [0.717, 1.165) is 0 Å². The molecule has 1 amide bonds. The first-order chi connectivity index (χ1) is 22.1. The molecule has 6 rings (SSSR count). The van der Waals surface area contributed by atoms with Crippen molar-refractivity contribution < 1.29 is 47.5 Å². The van der Waals surface area contributed by atoms with Crippen LogP contribution in [0.4, 0.5) is 0 Å². The van der Waals surface area contributed by atoms with Crippen LogP contribution in [0.1, 0.15) is 63.2 Å². The van der Waals surface area contributed by atoms with Crippen molar-refractivity contribution in [1.82, 2.24) is 15.3 Å². The third kappa shape index (κ3) is 5.19. The summed E-state index contributed by atoms with van der Waals surface area (Å²) in [6, 6.07) is 6.13. The van der Waals surface area contributed by atoms with E-state index < -0.39 is 47.7 Å². The van der Waals surface area contributed by atoms with Gasteiger partial charge in [-0.2, -0.15) is 0 Å². The Bertz CT molecular complexity index is 1720. The topological polar surface area (TPSA) is 154 Å². The lowest BCUT2D eigenvalue weighted by Gasteiger charge is -2.39. The molecule has 0 radical (unpaired) electrons. The molecule has 3 heterocycles. The van der Waals surface area contributed by atoms with E-state index in [1.54, 1.807) is 38.1 Å². The maximum absolute atomic E-state index is 13.6. The molecular formula is C33H35N3O10. The molecule has 0 saturated carbocycles. The molecule has 2 aromatic carbocycles. The highest BCUT2D eigenvalue weighted by molar-refractivity contribution is 5.96. The minimum absolute atomic E-state index is 0.0222. The van der Waals surface area contributed by atoms with Gasteiger partial charge in [-0.05, 0) is 63.1 Å². The summed E-state index contributed by atoms with van der Waals surface area (Å²) in [5, 5.41) is 2.68. The maximum atomic E-state index is 13.6. The number of carbonyl (C=O) groups is 3. The van der Waals surface area contributed by atoms with Crippen LogP contribution in [-0.4, -0.2) is 68.6 Å². The van der Waals surface area contributed by atoms with Crippen LogP contribution in [0.2, 0.25) is 0 Å². The summed E-state index contributed by atoms with van der Waals surface area (Å²) in [6.45, 7) is 6.82. The fraction of sp³-hybridized carbons (Fsp3) is 0.424. The predicted octanol–water partition coefficient (Wildman–Crippen LogP) is 3.49. The van der Waals surface area contributed by atoms with E-state index in [0.29, 0.717) is 62.5 Å². The first kappa shape index (κ1) is 30.9. The molecule has 1 saturated heterocycles. The van der Waals surface area contributed by atoms with Gasteiger partial charge in [0.25, 0.3) is 5.91 Å². The fourth-order valence-electron chi connectivity index (χ4n) is 6.43. The van der Waals surface area contributed by atoms with E-state index in [9.17, 15) is 14.4 Å². The molecule has 13 nitrogen and oxygen atoms in total. The molecule has 5 atom stereocenters. The van der Waals surface area contributed by atoms with Gasteiger partial charge in [-0.15, -0.1) is 0 Å². The Hall–Kier alpha value is -5.07.